The highest BCUT2D eigenvalue weighted by Gasteiger charge is 2.11. The number of hydrogen-bond donors (Lipinski definition) is 2. The fraction of sp³-hybridized carbons (Fsp3) is 0.583. The maximum Gasteiger partial charge on any atom is 0.315 e. The van der Waals surface area contributed by atoms with Gasteiger partial charge in [-0.3, -0.25) is 0 Å². The van der Waals surface area contributed by atoms with Crippen LogP contribution in [0.3, 0.4) is 0 Å². The molecule has 2 heterocycles. The zero-order chi connectivity index (χ0) is 13.7. The Morgan fingerprint density at radius 2 is 2.16 bits per heavy atom. The van der Waals surface area contributed by atoms with E-state index in [0.717, 1.165) is 18.0 Å². The minimum absolute atomic E-state index is 0.0346. The van der Waals surface area contributed by atoms with Crippen LogP contribution in [0.5, 0.6) is 0 Å². The number of nitrogens with zero attached hydrogens (tertiary/aromatic N) is 3. The molecule has 0 spiro atoms. The SMILES string of the molecule is CC(C)(C)NCc1nnc(NCCc2nccs2)o1. The predicted molar refractivity (Wildman–Crippen MR) is 75.2 cm³/mol. The van der Waals surface area contributed by atoms with Crippen molar-refractivity contribution < 1.29 is 4.42 Å². The van der Waals surface area contributed by atoms with Gasteiger partial charge in [0.15, 0.2) is 0 Å². The molecule has 0 fully saturated rings. The van der Waals surface area contributed by atoms with Crippen molar-refractivity contribution in [1.29, 1.82) is 0 Å². The van der Waals surface area contributed by atoms with Crippen LogP contribution in [0, 0.1) is 0 Å². The first-order chi connectivity index (χ1) is 9.03. The van der Waals surface area contributed by atoms with Gasteiger partial charge >= 0.3 is 6.01 Å². The fourth-order valence-corrected chi connectivity index (χ4v) is 2.01. The molecule has 0 aromatic carbocycles. The van der Waals surface area contributed by atoms with Gasteiger partial charge < -0.3 is 15.1 Å². The monoisotopic (exact) mass is 281 g/mol. The van der Waals surface area contributed by atoms with E-state index in [2.05, 4.69) is 46.6 Å². The molecule has 0 bridgehead atoms. The number of hydrogen-bond acceptors (Lipinski definition) is 7. The molecule has 2 aromatic rings. The average Bonchev–Trinajstić information content (AvgIpc) is 2.97. The quantitative estimate of drug-likeness (QED) is 0.844. The van der Waals surface area contributed by atoms with E-state index >= 15 is 0 Å². The van der Waals surface area contributed by atoms with Crippen molar-refractivity contribution in [2.75, 3.05) is 11.9 Å². The first-order valence-electron chi connectivity index (χ1n) is 6.22. The van der Waals surface area contributed by atoms with E-state index in [0.29, 0.717) is 18.5 Å². The van der Waals surface area contributed by atoms with Gasteiger partial charge in [0.05, 0.1) is 11.6 Å². The molecule has 0 saturated carbocycles. The lowest BCUT2D eigenvalue weighted by Crippen LogP contribution is -2.35. The smallest absolute Gasteiger partial charge is 0.315 e. The summed E-state index contributed by atoms with van der Waals surface area (Å²) in [6.07, 6.45) is 2.67. The Kier molecular flexibility index (Phi) is 4.49. The van der Waals surface area contributed by atoms with Crippen LogP contribution in [0.4, 0.5) is 6.01 Å². The zero-order valence-electron chi connectivity index (χ0n) is 11.4. The molecule has 0 aliphatic heterocycles. The van der Waals surface area contributed by atoms with Crippen LogP contribution < -0.4 is 10.6 Å². The Morgan fingerprint density at radius 3 is 2.84 bits per heavy atom. The highest BCUT2D eigenvalue weighted by molar-refractivity contribution is 7.09. The van der Waals surface area contributed by atoms with Crippen LogP contribution in [0.25, 0.3) is 0 Å². The maximum atomic E-state index is 5.49. The van der Waals surface area contributed by atoms with E-state index in [-0.39, 0.29) is 5.54 Å². The van der Waals surface area contributed by atoms with E-state index in [9.17, 15) is 0 Å². The second-order valence-corrected chi connectivity index (χ2v) is 6.19. The molecule has 0 aliphatic rings. The molecular weight excluding hydrogens is 262 g/mol. The Morgan fingerprint density at radius 1 is 1.32 bits per heavy atom. The van der Waals surface area contributed by atoms with Gasteiger partial charge in [-0.1, -0.05) is 5.10 Å². The van der Waals surface area contributed by atoms with E-state index in [1.165, 1.54) is 0 Å². The first-order valence-corrected chi connectivity index (χ1v) is 7.10. The lowest BCUT2D eigenvalue weighted by molar-refractivity contribution is 0.383. The summed E-state index contributed by atoms with van der Waals surface area (Å²) >= 11 is 1.65. The number of rotatable bonds is 6. The van der Waals surface area contributed by atoms with Gasteiger partial charge in [-0.25, -0.2) is 4.98 Å². The molecule has 0 radical (unpaired) electrons. The molecule has 2 aromatic heterocycles. The molecule has 0 unspecified atom stereocenters. The van der Waals surface area contributed by atoms with Gasteiger partial charge in [0.25, 0.3) is 0 Å². The Balaban J connectivity index is 1.74. The third-order valence-corrected chi connectivity index (χ3v) is 3.17. The summed E-state index contributed by atoms with van der Waals surface area (Å²) < 4.78 is 5.49. The molecule has 6 nitrogen and oxygen atoms in total. The highest BCUT2D eigenvalue weighted by Crippen LogP contribution is 2.09. The van der Waals surface area contributed by atoms with Gasteiger partial charge in [-0.15, -0.1) is 16.4 Å². The maximum absolute atomic E-state index is 5.49. The van der Waals surface area contributed by atoms with E-state index < -0.39 is 0 Å². The van der Waals surface area contributed by atoms with Gasteiger partial charge in [0, 0.05) is 30.1 Å². The van der Waals surface area contributed by atoms with E-state index in [1.54, 1.807) is 11.3 Å². The van der Waals surface area contributed by atoms with Crippen molar-refractivity contribution in [2.24, 2.45) is 0 Å². The van der Waals surface area contributed by atoms with Gasteiger partial charge in [-0.2, -0.15) is 0 Å². The topological polar surface area (TPSA) is 75.9 Å². The lowest BCUT2D eigenvalue weighted by atomic mass is 10.1. The summed E-state index contributed by atoms with van der Waals surface area (Å²) in [4.78, 5) is 4.21. The van der Waals surface area contributed by atoms with Crippen molar-refractivity contribution in [3.63, 3.8) is 0 Å². The summed E-state index contributed by atoms with van der Waals surface area (Å²) in [5.74, 6) is 0.590. The van der Waals surface area contributed by atoms with Crippen molar-refractivity contribution >= 4 is 17.4 Å². The minimum atomic E-state index is 0.0346. The largest absolute Gasteiger partial charge is 0.407 e. The number of anilines is 1. The third-order valence-electron chi connectivity index (χ3n) is 2.34. The summed E-state index contributed by atoms with van der Waals surface area (Å²) in [6, 6.07) is 0.460. The second-order valence-electron chi connectivity index (χ2n) is 5.21. The Bertz CT molecular complexity index is 488. The first kappa shape index (κ1) is 14.0. The zero-order valence-corrected chi connectivity index (χ0v) is 12.3. The molecule has 7 heteroatoms. The van der Waals surface area contributed by atoms with Gasteiger partial charge in [0.2, 0.25) is 5.89 Å². The van der Waals surface area contributed by atoms with E-state index in [1.807, 2.05) is 11.6 Å². The molecule has 0 aliphatic carbocycles. The lowest BCUT2D eigenvalue weighted by Gasteiger charge is -2.18. The number of aromatic nitrogens is 3. The average molecular weight is 281 g/mol. The van der Waals surface area contributed by atoms with Crippen LogP contribution in [0.2, 0.25) is 0 Å². The second kappa shape index (κ2) is 6.12. The normalized spacial score (nSPS) is 11.7. The molecule has 0 atom stereocenters. The van der Waals surface area contributed by atoms with Crippen LogP contribution in [-0.4, -0.2) is 27.3 Å². The Hall–Kier alpha value is -1.47. The van der Waals surface area contributed by atoms with Crippen LogP contribution >= 0.6 is 11.3 Å². The van der Waals surface area contributed by atoms with Crippen LogP contribution in [0.15, 0.2) is 16.0 Å². The third kappa shape index (κ3) is 4.96. The molecule has 19 heavy (non-hydrogen) atoms. The Labute approximate surface area is 116 Å². The van der Waals surface area contributed by atoms with Gasteiger partial charge in [-0.05, 0) is 20.8 Å². The number of thiazole rings is 1. The number of nitrogens with one attached hydrogen (secondary N) is 2. The molecule has 2 rings (SSSR count). The molecule has 0 saturated heterocycles. The minimum Gasteiger partial charge on any atom is -0.407 e. The summed E-state index contributed by atoms with van der Waals surface area (Å²) in [5, 5.41) is 17.4. The van der Waals surface area contributed by atoms with Crippen molar-refractivity contribution in [2.45, 2.75) is 39.3 Å². The standard InChI is InChI=1S/C12H19N5OS/c1-12(2,3)15-8-9-16-17-11(18-9)14-5-4-10-13-6-7-19-10/h6-7,15H,4-5,8H2,1-3H3,(H,14,17). The van der Waals surface area contributed by atoms with E-state index in [4.69, 9.17) is 4.42 Å². The fourth-order valence-electron chi connectivity index (χ4n) is 1.39. The molecule has 104 valence electrons. The van der Waals surface area contributed by atoms with Crippen molar-refractivity contribution in [1.82, 2.24) is 20.5 Å². The molecular formula is C12H19N5OS. The predicted octanol–water partition coefficient (Wildman–Crippen LogP) is 2.07. The molecule has 0 amide bonds. The highest BCUT2D eigenvalue weighted by atomic mass is 32.1. The van der Waals surface area contributed by atoms with Crippen molar-refractivity contribution in [3.05, 3.63) is 22.5 Å². The molecule has 2 N–H and O–H groups in total. The van der Waals surface area contributed by atoms with Crippen LogP contribution in [-0.2, 0) is 13.0 Å². The van der Waals surface area contributed by atoms with Gasteiger partial charge in [0.1, 0.15) is 0 Å². The van der Waals surface area contributed by atoms with Crippen molar-refractivity contribution in [3.8, 4) is 0 Å². The van der Waals surface area contributed by atoms with Crippen LogP contribution in [0.1, 0.15) is 31.7 Å². The summed E-state index contributed by atoms with van der Waals surface area (Å²) in [6.45, 7) is 7.59. The summed E-state index contributed by atoms with van der Waals surface area (Å²) in [5.41, 5.74) is 0.0346. The summed E-state index contributed by atoms with van der Waals surface area (Å²) in [7, 11) is 0.